The molecule has 0 unspecified atom stereocenters. The molecule has 0 saturated carbocycles. The Labute approximate surface area is 252 Å². The number of amides is 2. The van der Waals surface area contributed by atoms with E-state index >= 15 is 0 Å². The van der Waals surface area contributed by atoms with Crippen LogP contribution in [0.1, 0.15) is 17.7 Å². The van der Waals surface area contributed by atoms with Crippen LogP contribution in [0.25, 0.3) is 10.9 Å². The van der Waals surface area contributed by atoms with Gasteiger partial charge in [-0.2, -0.15) is 4.31 Å². The number of morpholine rings is 1. The number of nitrogens with one attached hydrogen (secondary N) is 2. The molecular formula is C28H38ClN5O7S. The number of halogens is 1. The van der Waals surface area contributed by atoms with Crippen molar-refractivity contribution in [3.05, 3.63) is 59.8 Å². The third-order valence-electron chi connectivity index (χ3n) is 7.26. The summed E-state index contributed by atoms with van der Waals surface area (Å²) in [5.74, 6) is 0.539. The van der Waals surface area contributed by atoms with Crippen LogP contribution in [-0.4, -0.2) is 92.8 Å². The van der Waals surface area contributed by atoms with Crippen molar-refractivity contribution in [1.82, 2.24) is 24.6 Å². The molecule has 0 atom stereocenters. The molecule has 1 aromatic heterocycles. The first-order valence-electron chi connectivity index (χ1n) is 13.5. The molecule has 2 aromatic carbocycles. The van der Waals surface area contributed by atoms with Gasteiger partial charge in [0.05, 0.1) is 31.8 Å². The average molecular weight is 624 g/mol. The fourth-order valence-corrected chi connectivity index (χ4v) is 6.61. The summed E-state index contributed by atoms with van der Waals surface area (Å²) in [6.45, 7) is 5.72. The molecule has 0 spiro atoms. The van der Waals surface area contributed by atoms with Crippen LogP contribution >= 0.6 is 12.4 Å². The lowest BCUT2D eigenvalue weighted by atomic mass is 10.0. The maximum absolute atomic E-state index is 13.4. The van der Waals surface area contributed by atoms with Crippen molar-refractivity contribution in [3.8, 4) is 5.75 Å². The molecule has 3 aromatic rings. The number of ether oxygens (including phenoxy) is 2. The highest BCUT2D eigenvalue weighted by molar-refractivity contribution is 7.89. The van der Waals surface area contributed by atoms with Crippen LogP contribution < -0.4 is 15.5 Å². The van der Waals surface area contributed by atoms with E-state index in [9.17, 15) is 13.2 Å². The van der Waals surface area contributed by atoms with Gasteiger partial charge < -0.3 is 19.4 Å². The number of hydrogen-bond acceptors (Lipinski definition) is 8. The number of fused-ring (bicyclic) bond motifs is 3. The zero-order valence-corrected chi connectivity index (χ0v) is 25.2. The van der Waals surface area contributed by atoms with E-state index in [4.69, 9.17) is 19.5 Å². The molecule has 14 heteroatoms. The number of benzene rings is 2. The Morgan fingerprint density at radius 1 is 1.10 bits per heavy atom. The largest absolute Gasteiger partial charge is 0.497 e. The Balaban J connectivity index is 0.000000911. The Hall–Kier alpha value is -3.20. The first-order chi connectivity index (χ1) is 19.9. The Morgan fingerprint density at radius 2 is 1.79 bits per heavy atom. The minimum atomic E-state index is -3.69. The number of carbonyl (C=O) groups is 2. The number of aromatic nitrogens is 1. The number of hydroxylamine groups is 1. The first kappa shape index (κ1) is 33.3. The van der Waals surface area contributed by atoms with Gasteiger partial charge in [0, 0.05) is 42.8 Å². The van der Waals surface area contributed by atoms with E-state index in [1.807, 2.05) is 22.8 Å². The van der Waals surface area contributed by atoms with Gasteiger partial charge in [-0.3, -0.25) is 19.7 Å². The second-order valence-electron chi connectivity index (χ2n) is 9.70. The van der Waals surface area contributed by atoms with Gasteiger partial charge in [0.15, 0.2) is 0 Å². The molecule has 2 aliphatic rings. The lowest BCUT2D eigenvalue weighted by Crippen LogP contribution is -2.39. The predicted molar refractivity (Wildman–Crippen MR) is 159 cm³/mol. The summed E-state index contributed by atoms with van der Waals surface area (Å²) < 4.78 is 40.9. The van der Waals surface area contributed by atoms with E-state index < -0.39 is 10.0 Å². The van der Waals surface area contributed by atoms with Gasteiger partial charge in [0.1, 0.15) is 12.3 Å². The Morgan fingerprint density at radius 3 is 2.45 bits per heavy atom. The van der Waals surface area contributed by atoms with Gasteiger partial charge in [0.2, 0.25) is 22.3 Å². The molecule has 2 amide bonds. The molecule has 230 valence electrons. The molecule has 2 aliphatic heterocycles. The van der Waals surface area contributed by atoms with Crippen molar-refractivity contribution in [2.45, 2.75) is 30.8 Å². The summed E-state index contributed by atoms with van der Waals surface area (Å²) in [7, 11) is -2.14. The number of carbonyl (C=O) groups excluding carboxylic acids is 2. The molecule has 5 rings (SSSR count). The van der Waals surface area contributed by atoms with E-state index in [0.29, 0.717) is 25.3 Å². The van der Waals surface area contributed by atoms with Crippen LogP contribution in [0, 0.1) is 0 Å². The molecular weight excluding hydrogens is 586 g/mol. The Kier molecular flexibility index (Phi) is 12.6. The van der Waals surface area contributed by atoms with Crippen LogP contribution in [0.5, 0.6) is 5.75 Å². The van der Waals surface area contributed by atoms with Crippen molar-refractivity contribution in [3.63, 3.8) is 0 Å². The zero-order valence-electron chi connectivity index (χ0n) is 23.5. The van der Waals surface area contributed by atoms with Gasteiger partial charge in [-0.25, -0.2) is 13.9 Å². The fraction of sp³-hybridized carbons (Fsp3) is 0.429. The highest BCUT2D eigenvalue weighted by Crippen LogP contribution is 2.33. The normalized spacial score (nSPS) is 15.5. The van der Waals surface area contributed by atoms with Crippen molar-refractivity contribution in [1.29, 1.82) is 0 Å². The number of methoxy groups -OCH3 is 1. The SMILES string of the molecule is COc1ccc(S(=O)(=O)N2CCc3c(n(CC(=O)NCCCN4CCOCC4)c4ccccc34)C2)cc1.Cl.O=CNO. The molecule has 0 aliphatic carbocycles. The number of para-hydroxylation sites is 1. The molecule has 3 heterocycles. The highest BCUT2D eigenvalue weighted by Gasteiger charge is 2.32. The van der Waals surface area contributed by atoms with Gasteiger partial charge in [-0.05, 0) is 55.3 Å². The fourth-order valence-electron chi connectivity index (χ4n) is 5.21. The van der Waals surface area contributed by atoms with Crippen molar-refractivity contribution < 1.29 is 32.7 Å². The van der Waals surface area contributed by atoms with Crippen molar-refractivity contribution in [2.24, 2.45) is 0 Å². The van der Waals surface area contributed by atoms with Crippen LogP contribution in [-0.2, 0) is 43.9 Å². The zero-order chi connectivity index (χ0) is 29.2. The van der Waals surface area contributed by atoms with Gasteiger partial charge in [-0.15, -0.1) is 12.4 Å². The van der Waals surface area contributed by atoms with Crippen LogP contribution in [0.3, 0.4) is 0 Å². The molecule has 3 N–H and O–H groups in total. The Bertz CT molecular complexity index is 1430. The van der Waals surface area contributed by atoms with E-state index in [-0.39, 0.29) is 42.7 Å². The quantitative estimate of drug-likeness (QED) is 0.134. The van der Waals surface area contributed by atoms with Crippen LogP contribution in [0.2, 0.25) is 0 Å². The summed E-state index contributed by atoms with van der Waals surface area (Å²) in [6.07, 6.45) is 1.66. The third kappa shape index (κ3) is 8.00. The summed E-state index contributed by atoms with van der Waals surface area (Å²) in [5.41, 5.74) is 4.21. The van der Waals surface area contributed by atoms with E-state index in [1.54, 1.807) is 31.4 Å². The highest BCUT2D eigenvalue weighted by atomic mass is 35.5. The second kappa shape index (κ2) is 15.9. The lowest BCUT2D eigenvalue weighted by Gasteiger charge is -2.28. The van der Waals surface area contributed by atoms with Crippen molar-refractivity contribution in [2.75, 3.05) is 53.0 Å². The molecule has 1 saturated heterocycles. The number of rotatable bonds is 10. The summed E-state index contributed by atoms with van der Waals surface area (Å²) in [4.78, 5) is 24.3. The summed E-state index contributed by atoms with van der Waals surface area (Å²) in [5, 5.41) is 11.4. The number of sulfonamides is 1. The van der Waals surface area contributed by atoms with Crippen LogP contribution in [0.4, 0.5) is 0 Å². The average Bonchev–Trinajstić information content (AvgIpc) is 3.32. The van der Waals surface area contributed by atoms with Crippen LogP contribution in [0.15, 0.2) is 53.4 Å². The van der Waals surface area contributed by atoms with E-state index in [2.05, 4.69) is 16.3 Å². The number of nitrogens with zero attached hydrogens (tertiary/aromatic N) is 3. The summed E-state index contributed by atoms with van der Waals surface area (Å²) >= 11 is 0. The monoisotopic (exact) mass is 623 g/mol. The van der Waals surface area contributed by atoms with Gasteiger partial charge >= 0.3 is 0 Å². The molecule has 1 fully saturated rings. The lowest BCUT2D eigenvalue weighted by molar-refractivity contribution is -0.121. The standard InChI is InChI=1S/C27H34N4O5S.CH3NO2.ClH/c1-35-21-7-9-22(10-8-21)37(33,34)30-14-11-24-23-5-2-3-6-25(23)31(26(24)19-30)20-27(32)28-12-4-13-29-15-17-36-18-16-29;3-1-2-4;/h2-3,5-10H,4,11-20H2,1H3,(H,28,32);1,4H,(H,2,3);1H. The topological polar surface area (TPSA) is 142 Å². The van der Waals surface area contributed by atoms with Gasteiger partial charge in [-0.1, -0.05) is 18.2 Å². The summed E-state index contributed by atoms with van der Waals surface area (Å²) in [6, 6.07) is 14.5. The first-order valence-corrected chi connectivity index (χ1v) is 15.0. The van der Waals surface area contributed by atoms with Crippen molar-refractivity contribution >= 4 is 45.7 Å². The molecule has 0 bridgehead atoms. The van der Waals surface area contributed by atoms with E-state index in [1.165, 1.54) is 9.79 Å². The second-order valence-corrected chi connectivity index (χ2v) is 11.6. The predicted octanol–water partition coefficient (Wildman–Crippen LogP) is 1.78. The smallest absolute Gasteiger partial charge is 0.243 e. The molecule has 0 radical (unpaired) electrons. The molecule has 42 heavy (non-hydrogen) atoms. The minimum Gasteiger partial charge on any atom is -0.497 e. The minimum absolute atomic E-state index is 0. The molecule has 12 nitrogen and oxygen atoms in total. The van der Waals surface area contributed by atoms with E-state index in [0.717, 1.165) is 61.4 Å². The van der Waals surface area contributed by atoms with Gasteiger partial charge in [0.25, 0.3) is 0 Å². The third-order valence-corrected chi connectivity index (χ3v) is 9.12. The maximum Gasteiger partial charge on any atom is 0.243 e. The number of hydrogen-bond donors (Lipinski definition) is 3. The maximum atomic E-state index is 13.4.